The van der Waals surface area contributed by atoms with Gasteiger partial charge in [-0.05, 0) is 12.1 Å². The molecule has 91 valence electrons. The first-order valence-corrected chi connectivity index (χ1v) is 7.75. The van der Waals surface area contributed by atoms with Crippen LogP contribution in [0, 0.1) is 0 Å². The van der Waals surface area contributed by atoms with Crippen molar-refractivity contribution in [2.24, 2.45) is 0 Å². The molecule has 1 rings (SSSR count). The smallest absolute Gasteiger partial charge is 0.406 e. The molecule has 1 nitrogen and oxygen atoms in total. The van der Waals surface area contributed by atoms with Gasteiger partial charge in [-0.15, -0.1) is 24.8 Å². The molecule has 0 bridgehead atoms. The summed E-state index contributed by atoms with van der Waals surface area (Å²) in [5, 5.41) is 0. The Hall–Kier alpha value is -0.683. The number of alkyl halides is 4. The summed E-state index contributed by atoms with van der Waals surface area (Å²) in [6.07, 6.45) is -4.60. The third kappa shape index (κ3) is 9.86. The molecule has 0 aliphatic carbocycles. The number of halogens is 4. The fraction of sp³-hybridized carbons (Fsp3) is 0.400. The Morgan fingerprint density at radius 2 is 1.62 bits per heavy atom. The van der Waals surface area contributed by atoms with Crippen LogP contribution >= 0.6 is 11.6 Å². The molecule has 0 spiro atoms. The van der Waals surface area contributed by atoms with Gasteiger partial charge in [0.05, 0.1) is 8.80 Å². The number of hydrogen-bond acceptors (Lipinski definition) is 1. The van der Waals surface area contributed by atoms with Crippen LogP contribution in [0.25, 0.3) is 0 Å². The Balaban J connectivity index is 0.000000385. The lowest BCUT2D eigenvalue weighted by molar-refractivity contribution is -0.274. The van der Waals surface area contributed by atoms with Crippen molar-refractivity contribution in [3.63, 3.8) is 0 Å². The van der Waals surface area contributed by atoms with E-state index in [1.807, 2.05) is 0 Å². The number of ether oxygens (including phenoxy) is 1. The minimum Gasteiger partial charge on any atom is -0.406 e. The topological polar surface area (TPSA) is 9.23 Å². The standard InChI is InChI=1S/C7H5F3O.C3H8ClSi/c8-7(9,10)11-6-4-2-1-3-5-6;1-5(2)3-4/h1-5H;3H2,1-2H3. The summed E-state index contributed by atoms with van der Waals surface area (Å²) >= 11 is 5.38. The van der Waals surface area contributed by atoms with Crippen LogP contribution in [0.5, 0.6) is 5.75 Å². The Morgan fingerprint density at radius 3 is 1.94 bits per heavy atom. The van der Waals surface area contributed by atoms with E-state index in [0.717, 1.165) is 5.50 Å². The van der Waals surface area contributed by atoms with Crippen molar-refractivity contribution in [1.29, 1.82) is 0 Å². The fourth-order valence-electron chi connectivity index (χ4n) is 0.622. The number of hydrogen-bond donors (Lipinski definition) is 0. The van der Waals surface area contributed by atoms with Crippen molar-refractivity contribution < 1.29 is 17.9 Å². The van der Waals surface area contributed by atoms with Crippen LogP contribution in [0.2, 0.25) is 13.1 Å². The van der Waals surface area contributed by atoms with E-state index in [1.165, 1.54) is 24.3 Å². The summed E-state index contributed by atoms with van der Waals surface area (Å²) in [5.41, 5.74) is 0.880. The second kappa shape index (κ2) is 7.57. The molecule has 0 saturated heterocycles. The van der Waals surface area contributed by atoms with E-state index in [1.54, 1.807) is 6.07 Å². The van der Waals surface area contributed by atoms with Gasteiger partial charge >= 0.3 is 6.36 Å². The molecule has 0 saturated carbocycles. The van der Waals surface area contributed by atoms with E-state index in [0.29, 0.717) is 0 Å². The molecular weight excluding hydrogens is 257 g/mol. The van der Waals surface area contributed by atoms with Crippen LogP contribution < -0.4 is 4.74 Å². The molecule has 1 aromatic rings. The quantitative estimate of drug-likeness (QED) is 0.580. The lowest BCUT2D eigenvalue weighted by Crippen LogP contribution is -2.16. The van der Waals surface area contributed by atoms with Gasteiger partial charge in [0.1, 0.15) is 5.75 Å². The van der Waals surface area contributed by atoms with Crippen molar-refractivity contribution in [2.45, 2.75) is 19.5 Å². The van der Waals surface area contributed by atoms with Gasteiger partial charge in [0.2, 0.25) is 0 Å². The van der Waals surface area contributed by atoms with E-state index in [9.17, 15) is 13.2 Å². The summed E-state index contributed by atoms with van der Waals surface area (Å²) in [4.78, 5) is 0. The Kier molecular flexibility index (Phi) is 7.24. The minimum atomic E-state index is -4.60. The maximum atomic E-state index is 11.5. The molecule has 1 radical (unpaired) electrons. The van der Waals surface area contributed by atoms with E-state index in [2.05, 4.69) is 17.8 Å². The zero-order chi connectivity index (χ0) is 12.6. The highest BCUT2D eigenvalue weighted by Gasteiger charge is 2.30. The van der Waals surface area contributed by atoms with Crippen LogP contribution in [-0.4, -0.2) is 20.7 Å². The number of para-hydroxylation sites is 1. The molecule has 6 heteroatoms. The van der Waals surface area contributed by atoms with Crippen molar-refractivity contribution in [2.75, 3.05) is 5.50 Å². The molecule has 0 aromatic heterocycles. The second-order valence-electron chi connectivity index (χ2n) is 3.20. The van der Waals surface area contributed by atoms with Crippen molar-refractivity contribution in [3.8, 4) is 5.75 Å². The minimum absolute atomic E-state index is 0.109. The largest absolute Gasteiger partial charge is 0.573 e. The number of benzene rings is 1. The first-order valence-electron chi connectivity index (χ1n) is 4.51. The summed E-state index contributed by atoms with van der Waals surface area (Å²) in [6.45, 7) is 4.38. The molecule has 0 aliphatic heterocycles. The van der Waals surface area contributed by atoms with Gasteiger partial charge in [0, 0.05) is 5.50 Å². The fourth-order valence-corrected chi connectivity index (χ4v) is 0.622. The summed E-state index contributed by atoms with van der Waals surface area (Å²) in [7, 11) is -0.109. The maximum absolute atomic E-state index is 11.5. The first-order chi connectivity index (χ1) is 7.35. The van der Waals surface area contributed by atoms with E-state index >= 15 is 0 Å². The molecule has 0 aliphatic rings. The van der Waals surface area contributed by atoms with Crippen LogP contribution in [0.15, 0.2) is 30.3 Å². The lowest BCUT2D eigenvalue weighted by atomic mass is 10.3. The maximum Gasteiger partial charge on any atom is 0.573 e. The predicted molar refractivity (Wildman–Crippen MR) is 61.3 cm³/mol. The van der Waals surface area contributed by atoms with Gasteiger partial charge in [-0.2, -0.15) is 0 Å². The number of rotatable bonds is 2. The van der Waals surface area contributed by atoms with E-state index < -0.39 is 6.36 Å². The highest BCUT2D eigenvalue weighted by molar-refractivity contribution is 6.64. The first kappa shape index (κ1) is 15.3. The molecule has 0 amide bonds. The normalized spacial score (nSPS) is 10.7. The molecule has 0 fully saturated rings. The van der Waals surface area contributed by atoms with Gasteiger partial charge in [0.15, 0.2) is 0 Å². The zero-order valence-electron chi connectivity index (χ0n) is 9.01. The Morgan fingerprint density at radius 1 is 1.19 bits per heavy atom. The van der Waals surface area contributed by atoms with Crippen LogP contribution in [-0.2, 0) is 0 Å². The van der Waals surface area contributed by atoms with Gasteiger partial charge in [-0.3, -0.25) is 0 Å². The molecule has 0 atom stereocenters. The Bertz CT molecular complexity index is 277. The average molecular weight is 270 g/mol. The summed E-state index contributed by atoms with van der Waals surface area (Å²) in [6, 6.07) is 7.05. The van der Waals surface area contributed by atoms with Gasteiger partial charge in [0.25, 0.3) is 0 Å². The average Bonchev–Trinajstić information content (AvgIpc) is 2.17. The summed E-state index contributed by atoms with van der Waals surface area (Å²) in [5.74, 6) is -0.194. The van der Waals surface area contributed by atoms with Crippen molar-refractivity contribution in [1.82, 2.24) is 0 Å². The van der Waals surface area contributed by atoms with Crippen molar-refractivity contribution >= 4 is 20.4 Å². The van der Waals surface area contributed by atoms with Crippen LogP contribution in [0.1, 0.15) is 0 Å². The predicted octanol–water partition coefficient (Wildman–Crippen LogP) is 4.10. The molecule has 0 unspecified atom stereocenters. The lowest BCUT2D eigenvalue weighted by Gasteiger charge is -2.07. The molecule has 1 aromatic carbocycles. The van der Waals surface area contributed by atoms with Gasteiger partial charge in [-0.1, -0.05) is 31.3 Å². The highest BCUT2D eigenvalue weighted by Crippen LogP contribution is 2.21. The SMILES string of the molecule is C[Si](C)CCl.FC(F)(F)Oc1ccccc1. The van der Waals surface area contributed by atoms with Gasteiger partial charge < -0.3 is 4.74 Å². The molecule has 0 heterocycles. The van der Waals surface area contributed by atoms with Gasteiger partial charge in [-0.25, -0.2) is 0 Å². The molecule has 0 N–H and O–H groups in total. The van der Waals surface area contributed by atoms with E-state index in [-0.39, 0.29) is 14.5 Å². The second-order valence-corrected chi connectivity index (χ2v) is 6.68. The third-order valence-corrected chi connectivity index (χ3v) is 3.38. The van der Waals surface area contributed by atoms with Crippen LogP contribution in [0.4, 0.5) is 13.2 Å². The van der Waals surface area contributed by atoms with Crippen molar-refractivity contribution in [3.05, 3.63) is 30.3 Å². The highest BCUT2D eigenvalue weighted by atomic mass is 35.5. The third-order valence-electron chi connectivity index (χ3n) is 1.24. The zero-order valence-corrected chi connectivity index (χ0v) is 10.8. The monoisotopic (exact) mass is 269 g/mol. The molecular formula is C10H13ClF3OSi. The molecule has 16 heavy (non-hydrogen) atoms. The van der Waals surface area contributed by atoms with Crippen LogP contribution in [0.3, 0.4) is 0 Å². The van der Waals surface area contributed by atoms with E-state index in [4.69, 9.17) is 11.6 Å². The Labute approximate surface area is 99.8 Å². The summed E-state index contributed by atoms with van der Waals surface area (Å²) < 4.78 is 38.2.